The molecule has 0 aliphatic heterocycles. The van der Waals surface area contributed by atoms with Crippen molar-refractivity contribution in [2.75, 3.05) is 24.2 Å². The molecule has 1 atom stereocenters. The van der Waals surface area contributed by atoms with Crippen molar-refractivity contribution in [2.45, 2.75) is 57.7 Å². The zero-order valence-electron chi connectivity index (χ0n) is 24.0. The maximum atomic E-state index is 14.2. The van der Waals surface area contributed by atoms with Crippen LogP contribution < -0.4 is 14.4 Å². The van der Waals surface area contributed by atoms with E-state index in [0.717, 1.165) is 52.9 Å². The highest BCUT2D eigenvalue weighted by Gasteiger charge is 2.34. The fourth-order valence-electron chi connectivity index (χ4n) is 5.21. The number of nitrogens with zero attached hydrogens (tertiary/aromatic N) is 2. The van der Waals surface area contributed by atoms with E-state index in [4.69, 9.17) is 4.74 Å². The van der Waals surface area contributed by atoms with Gasteiger partial charge in [-0.3, -0.25) is 13.9 Å². The molecule has 1 aliphatic rings. The number of nitrogens with one attached hydrogen (secondary N) is 1. The molecule has 3 aromatic carbocycles. The van der Waals surface area contributed by atoms with Crippen molar-refractivity contribution in [1.82, 2.24) is 10.2 Å². The average Bonchev–Trinajstić information content (AvgIpc) is 3.47. The second-order valence-electron chi connectivity index (χ2n) is 10.7. The summed E-state index contributed by atoms with van der Waals surface area (Å²) in [5, 5.41) is 3.17. The Morgan fingerprint density at radius 2 is 1.61 bits per heavy atom. The number of ether oxygens (including phenoxy) is 1. The van der Waals surface area contributed by atoms with Gasteiger partial charge in [-0.25, -0.2) is 8.42 Å². The van der Waals surface area contributed by atoms with Gasteiger partial charge in [0.15, 0.2) is 0 Å². The van der Waals surface area contributed by atoms with Crippen LogP contribution in [0.5, 0.6) is 5.75 Å². The van der Waals surface area contributed by atoms with Crippen molar-refractivity contribution in [3.05, 3.63) is 95.6 Å². The van der Waals surface area contributed by atoms with Crippen molar-refractivity contribution in [3.8, 4) is 5.75 Å². The first-order valence-electron chi connectivity index (χ1n) is 13.9. The summed E-state index contributed by atoms with van der Waals surface area (Å²) in [6.07, 6.45) is 5.30. The first-order chi connectivity index (χ1) is 19.6. The van der Waals surface area contributed by atoms with Crippen LogP contribution in [0.4, 0.5) is 5.69 Å². The maximum Gasteiger partial charge on any atom is 0.244 e. The number of carbonyl (C=O) groups excluding carboxylic acids is 2. The van der Waals surface area contributed by atoms with E-state index in [9.17, 15) is 18.0 Å². The van der Waals surface area contributed by atoms with E-state index in [0.29, 0.717) is 17.9 Å². The van der Waals surface area contributed by atoms with Crippen molar-refractivity contribution < 1.29 is 22.7 Å². The molecule has 1 N–H and O–H groups in total. The van der Waals surface area contributed by atoms with Crippen LogP contribution in [-0.2, 0) is 32.6 Å². The molecule has 1 aliphatic carbocycles. The molecule has 0 radical (unpaired) electrons. The van der Waals surface area contributed by atoms with E-state index in [1.165, 1.54) is 4.90 Å². The molecule has 2 amide bonds. The van der Waals surface area contributed by atoms with Gasteiger partial charge in [0.2, 0.25) is 21.8 Å². The third kappa shape index (κ3) is 8.33. The molecule has 8 nitrogen and oxygen atoms in total. The van der Waals surface area contributed by atoms with Crippen LogP contribution in [0.3, 0.4) is 0 Å². The summed E-state index contributed by atoms with van der Waals surface area (Å²) in [6.45, 7) is 1.58. The highest BCUT2D eigenvalue weighted by Crippen LogP contribution is 2.23. The molecule has 1 saturated carbocycles. The fourth-order valence-corrected chi connectivity index (χ4v) is 6.06. The van der Waals surface area contributed by atoms with Crippen LogP contribution in [0.25, 0.3) is 0 Å². The lowest BCUT2D eigenvalue weighted by molar-refractivity contribution is -0.140. The molecule has 1 fully saturated rings. The van der Waals surface area contributed by atoms with Crippen LogP contribution >= 0.6 is 0 Å². The summed E-state index contributed by atoms with van der Waals surface area (Å²) in [6, 6.07) is 23.1. The number of rotatable bonds is 12. The number of hydrogen-bond donors (Lipinski definition) is 1. The van der Waals surface area contributed by atoms with Gasteiger partial charge < -0.3 is 15.0 Å². The van der Waals surface area contributed by atoms with Crippen LogP contribution in [0, 0.1) is 6.92 Å². The third-order valence-electron chi connectivity index (χ3n) is 7.46. The minimum atomic E-state index is -3.80. The number of carbonyl (C=O) groups is 2. The lowest BCUT2D eigenvalue weighted by Crippen LogP contribution is -2.54. The number of sulfonamides is 1. The van der Waals surface area contributed by atoms with E-state index >= 15 is 0 Å². The molecular formula is C32H39N3O5S. The number of benzene rings is 3. The normalized spacial score (nSPS) is 14.3. The SMILES string of the molecule is COc1cccc(CN(C(=O)CN(c2ccc(C)cc2)S(C)(=O)=O)[C@H](Cc2ccccc2)C(=O)NC2CCCC2)c1. The summed E-state index contributed by atoms with van der Waals surface area (Å²) in [4.78, 5) is 29.6. The Kier molecular flexibility index (Phi) is 10.0. The molecule has 0 bridgehead atoms. The molecule has 4 rings (SSSR count). The van der Waals surface area contributed by atoms with Gasteiger partial charge in [0.25, 0.3) is 0 Å². The van der Waals surface area contributed by atoms with Crippen LogP contribution in [0.1, 0.15) is 42.4 Å². The Bertz CT molecular complexity index is 1420. The molecule has 218 valence electrons. The highest BCUT2D eigenvalue weighted by atomic mass is 32.2. The maximum absolute atomic E-state index is 14.2. The van der Waals surface area contributed by atoms with Crippen LogP contribution in [0.15, 0.2) is 78.9 Å². The van der Waals surface area contributed by atoms with E-state index in [-0.39, 0.29) is 18.5 Å². The topological polar surface area (TPSA) is 96.0 Å². The molecule has 0 heterocycles. The quantitative estimate of drug-likeness (QED) is 0.343. The van der Waals surface area contributed by atoms with E-state index in [1.54, 1.807) is 31.4 Å². The second-order valence-corrected chi connectivity index (χ2v) is 12.6. The Morgan fingerprint density at radius 1 is 0.951 bits per heavy atom. The molecule has 0 aromatic heterocycles. The highest BCUT2D eigenvalue weighted by molar-refractivity contribution is 7.92. The molecule has 41 heavy (non-hydrogen) atoms. The van der Waals surface area contributed by atoms with Gasteiger partial charge in [0, 0.05) is 19.0 Å². The van der Waals surface area contributed by atoms with Gasteiger partial charge in [-0.1, -0.05) is 73.0 Å². The summed E-state index contributed by atoms with van der Waals surface area (Å²) in [5.74, 6) is -0.0816. The molecule has 0 spiro atoms. The lowest BCUT2D eigenvalue weighted by atomic mass is 10.0. The number of anilines is 1. The molecule has 0 saturated heterocycles. The molecular weight excluding hydrogens is 538 g/mol. The zero-order chi connectivity index (χ0) is 29.4. The summed E-state index contributed by atoms with van der Waals surface area (Å²) in [7, 11) is -2.23. The first kappa shape index (κ1) is 30.1. The summed E-state index contributed by atoms with van der Waals surface area (Å²) >= 11 is 0. The van der Waals surface area contributed by atoms with Crippen LogP contribution in [-0.4, -0.2) is 57.1 Å². The number of aryl methyl sites for hydroxylation is 1. The van der Waals surface area contributed by atoms with Crippen LogP contribution in [0.2, 0.25) is 0 Å². The number of hydrogen-bond acceptors (Lipinski definition) is 5. The molecule has 3 aromatic rings. The number of methoxy groups -OCH3 is 1. The third-order valence-corrected chi connectivity index (χ3v) is 8.60. The molecule has 0 unspecified atom stereocenters. The van der Waals surface area contributed by atoms with E-state index in [2.05, 4.69) is 5.32 Å². The number of amides is 2. The van der Waals surface area contributed by atoms with E-state index in [1.807, 2.05) is 61.5 Å². The van der Waals surface area contributed by atoms with Gasteiger partial charge in [-0.15, -0.1) is 0 Å². The first-order valence-corrected chi connectivity index (χ1v) is 15.8. The second kappa shape index (κ2) is 13.7. The van der Waals surface area contributed by atoms with Crippen molar-refractivity contribution >= 4 is 27.5 Å². The zero-order valence-corrected chi connectivity index (χ0v) is 24.8. The largest absolute Gasteiger partial charge is 0.497 e. The fraction of sp³-hybridized carbons (Fsp3) is 0.375. The standard InChI is InChI=1S/C32H39N3O5S/c1-24-16-18-28(19-17-24)35(41(3,38)39)23-31(36)34(22-26-12-9-15-29(20-26)40-2)30(21-25-10-5-4-6-11-25)32(37)33-27-13-7-8-14-27/h4-6,9-12,15-20,27,30H,7-8,13-14,21-23H2,1-3H3,(H,33,37)/t30-/m1/s1. The Balaban J connectivity index is 1.73. The lowest BCUT2D eigenvalue weighted by Gasteiger charge is -2.34. The minimum Gasteiger partial charge on any atom is -0.497 e. The minimum absolute atomic E-state index is 0.0645. The van der Waals surface area contributed by atoms with Gasteiger partial charge in [-0.2, -0.15) is 0 Å². The van der Waals surface area contributed by atoms with E-state index < -0.39 is 28.5 Å². The van der Waals surface area contributed by atoms with Gasteiger partial charge in [-0.05, 0) is 55.2 Å². The Hall–Kier alpha value is -3.85. The predicted octanol–water partition coefficient (Wildman–Crippen LogP) is 4.47. The summed E-state index contributed by atoms with van der Waals surface area (Å²) in [5.41, 5.74) is 3.04. The van der Waals surface area contributed by atoms with Crippen molar-refractivity contribution in [1.29, 1.82) is 0 Å². The predicted molar refractivity (Wildman–Crippen MR) is 161 cm³/mol. The van der Waals surface area contributed by atoms with Gasteiger partial charge >= 0.3 is 0 Å². The van der Waals surface area contributed by atoms with Gasteiger partial charge in [0.05, 0.1) is 19.1 Å². The Labute approximate surface area is 243 Å². The summed E-state index contributed by atoms with van der Waals surface area (Å²) < 4.78 is 32.3. The van der Waals surface area contributed by atoms with Crippen molar-refractivity contribution in [2.24, 2.45) is 0 Å². The van der Waals surface area contributed by atoms with Crippen molar-refractivity contribution in [3.63, 3.8) is 0 Å². The Morgan fingerprint density at radius 3 is 2.24 bits per heavy atom. The monoisotopic (exact) mass is 577 g/mol. The molecule has 9 heteroatoms. The smallest absolute Gasteiger partial charge is 0.244 e. The van der Waals surface area contributed by atoms with Gasteiger partial charge in [0.1, 0.15) is 18.3 Å². The average molecular weight is 578 g/mol.